The van der Waals surface area contributed by atoms with Gasteiger partial charge in [-0.25, -0.2) is 10.2 Å². The predicted octanol–water partition coefficient (Wildman–Crippen LogP) is 0.503. The van der Waals surface area contributed by atoms with Gasteiger partial charge in [0.1, 0.15) is 6.61 Å². The molecule has 3 amide bonds. The van der Waals surface area contributed by atoms with Gasteiger partial charge in [-0.1, -0.05) is 0 Å². The first kappa shape index (κ1) is 15.6. The Hall–Kier alpha value is -2.48. The number of hydrazine groups is 1. The fourth-order valence-corrected chi connectivity index (χ4v) is 1.37. The van der Waals surface area contributed by atoms with E-state index < -0.39 is 11.9 Å². The lowest BCUT2D eigenvalue weighted by Crippen LogP contribution is -2.45. The second-order valence-corrected chi connectivity index (χ2v) is 3.63. The molecule has 0 saturated carbocycles. The Morgan fingerprint density at radius 1 is 1.05 bits per heavy atom. The van der Waals surface area contributed by atoms with Gasteiger partial charge in [0, 0.05) is 18.9 Å². The number of amides is 3. The molecule has 0 saturated heterocycles. The third-order valence-corrected chi connectivity index (χ3v) is 2.23. The van der Waals surface area contributed by atoms with E-state index in [2.05, 4.69) is 20.9 Å². The molecule has 0 fully saturated rings. The van der Waals surface area contributed by atoms with Gasteiger partial charge in [0.15, 0.2) is 11.5 Å². The summed E-state index contributed by atoms with van der Waals surface area (Å²) in [6, 6.07) is 4.28. The van der Waals surface area contributed by atoms with Crippen LogP contribution in [0.25, 0.3) is 0 Å². The first-order valence-electron chi connectivity index (χ1n) is 5.67. The maximum atomic E-state index is 11.5. The number of carbonyl (C=O) groups is 2. The van der Waals surface area contributed by atoms with Crippen molar-refractivity contribution in [1.29, 1.82) is 0 Å². The van der Waals surface area contributed by atoms with Crippen LogP contribution in [0.5, 0.6) is 11.5 Å². The van der Waals surface area contributed by atoms with Crippen LogP contribution >= 0.6 is 0 Å². The zero-order chi connectivity index (χ0) is 15.0. The number of nitrogens with one attached hydrogen (secondary N) is 3. The number of carbonyl (C=O) groups excluding carboxylic acids is 2. The molecule has 0 bridgehead atoms. The van der Waals surface area contributed by atoms with Crippen molar-refractivity contribution in [2.45, 2.75) is 0 Å². The largest absolute Gasteiger partial charge is 0.493 e. The summed E-state index contributed by atoms with van der Waals surface area (Å²) in [7, 11) is 4.39. The van der Waals surface area contributed by atoms with E-state index in [1.807, 2.05) is 0 Å². The Labute approximate surface area is 116 Å². The van der Waals surface area contributed by atoms with E-state index in [1.165, 1.54) is 21.3 Å². The molecule has 0 aliphatic carbocycles. The van der Waals surface area contributed by atoms with Crippen LogP contribution < -0.4 is 25.6 Å². The zero-order valence-electron chi connectivity index (χ0n) is 11.5. The van der Waals surface area contributed by atoms with Crippen molar-refractivity contribution in [3.05, 3.63) is 18.2 Å². The molecular formula is C12H17N3O5. The van der Waals surface area contributed by atoms with Gasteiger partial charge in [0.05, 0.1) is 14.2 Å². The van der Waals surface area contributed by atoms with Crippen molar-refractivity contribution in [2.75, 3.05) is 33.3 Å². The molecule has 0 aromatic heterocycles. The Morgan fingerprint density at radius 2 is 1.75 bits per heavy atom. The van der Waals surface area contributed by atoms with Gasteiger partial charge in [0.2, 0.25) is 0 Å². The Bertz CT molecular complexity index is 478. The fourth-order valence-electron chi connectivity index (χ4n) is 1.37. The smallest absolute Gasteiger partial charge is 0.337 e. The predicted molar refractivity (Wildman–Crippen MR) is 71.7 cm³/mol. The molecule has 0 aliphatic heterocycles. The highest BCUT2D eigenvalue weighted by atomic mass is 16.5. The van der Waals surface area contributed by atoms with E-state index >= 15 is 0 Å². The molecule has 1 aromatic carbocycles. The number of rotatable bonds is 5. The summed E-state index contributed by atoms with van der Waals surface area (Å²) in [5.41, 5.74) is 4.84. The van der Waals surface area contributed by atoms with Crippen molar-refractivity contribution in [3.63, 3.8) is 0 Å². The molecule has 0 unspecified atom stereocenters. The normalized spacial score (nSPS) is 9.55. The first-order chi connectivity index (χ1) is 9.60. The third kappa shape index (κ3) is 4.65. The monoisotopic (exact) mass is 283 g/mol. The minimum absolute atomic E-state index is 0.142. The number of ether oxygens (including phenoxy) is 3. The van der Waals surface area contributed by atoms with Crippen LogP contribution in [0.1, 0.15) is 0 Å². The first-order valence-corrected chi connectivity index (χ1v) is 5.67. The molecule has 8 nitrogen and oxygen atoms in total. The lowest BCUT2D eigenvalue weighted by molar-refractivity contribution is -0.125. The molecular weight excluding hydrogens is 266 g/mol. The van der Waals surface area contributed by atoms with E-state index in [1.54, 1.807) is 18.2 Å². The molecule has 0 aliphatic rings. The minimum atomic E-state index is -0.596. The van der Waals surface area contributed by atoms with Crippen molar-refractivity contribution in [3.8, 4) is 11.5 Å². The van der Waals surface area contributed by atoms with E-state index in [-0.39, 0.29) is 6.61 Å². The van der Waals surface area contributed by atoms with Crippen molar-refractivity contribution in [2.24, 2.45) is 0 Å². The number of hydrogen-bond acceptors (Lipinski definition) is 5. The van der Waals surface area contributed by atoms with E-state index in [0.29, 0.717) is 17.2 Å². The van der Waals surface area contributed by atoms with Crippen molar-refractivity contribution < 1.29 is 23.8 Å². The summed E-state index contributed by atoms with van der Waals surface area (Å²) in [6.45, 7) is -0.142. The maximum Gasteiger partial charge on any atom is 0.337 e. The molecule has 1 rings (SSSR count). The van der Waals surface area contributed by atoms with Gasteiger partial charge in [0.25, 0.3) is 5.91 Å². The summed E-state index contributed by atoms with van der Waals surface area (Å²) in [5, 5.41) is 2.52. The summed E-state index contributed by atoms with van der Waals surface area (Å²) >= 11 is 0. The molecule has 0 atom stereocenters. The number of urea groups is 1. The van der Waals surface area contributed by atoms with Crippen LogP contribution in [0.3, 0.4) is 0 Å². The molecule has 20 heavy (non-hydrogen) atoms. The highest BCUT2D eigenvalue weighted by Gasteiger charge is 2.08. The van der Waals surface area contributed by atoms with Crippen LogP contribution in [0.4, 0.5) is 10.5 Å². The van der Waals surface area contributed by atoms with Gasteiger partial charge in [-0.05, 0) is 12.1 Å². The number of benzene rings is 1. The second kappa shape index (κ2) is 7.85. The van der Waals surface area contributed by atoms with Crippen molar-refractivity contribution >= 4 is 17.6 Å². The molecule has 3 N–H and O–H groups in total. The molecule has 0 radical (unpaired) electrons. The van der Waals surface area contributed by atoms with Gasteiger partial charge in [-0.15, -0.1) is 0 Å². The molecule has 0 spiro atoms. The lowest BCUT2D eigenvalue weighted by Gasteiger charge is -2.11. The highest BCUT2D eigenvalue weighted by molar-refractivity contribution is 5.91. The topological polar surface area (TPSA) is 97.9 Å². The van der Waals surface area contributed by atoms with Crippen LogP contribution in [0.2, 0.25) is 0 Å². The Morgan fingerprint density at radius 3 is 2.35 bits per heavy atom. The second-order valence-electron chi connectivity index (χ2n) is 3.63. The van der Waals surface area contributed by atoms with Crippen LogP contribution in [-0.4, -0.2) is 39.9 Å². The standard InChI is InChI=1S/C12H17N3O5/c1-18-7-11(16)14-15-12(17)13-8-4-5-9(19-2)10(6-8)20-3/h4-6H,7H2,1-3H3,(H,14,16)(H2,13,15,17). The van der Waals surface area contributed by atoms with Gasteiger partial charge in [-0.3, -0.25) is 10.2 Å². The minimum Gasteiger partial charge on any atom is -0.493 e. The number of hydrogen-bond donors (Lipinski definition) is 3. The van der Waals surface area contributed by atoms with Gasteiger partial charge < -0.3 is 19.5 Å². The fraction of sp³-hybridized carbons (Fsp3) is 0.333. The van der Waals surface area contributed by atoms with E-state index in [4.69, 9.17) is 9.47 Å². The summed E-state index contributed by atoms with van der Waals surface area (Å²) in [5.74, 6) is 0.565. The van der Waals surface area contributed by atoms with Gasteiger partial charge in [-0.2, -0.15) is 0 Å². The van der Waals surface area contributed by atoms with E-state index in [9.17, 15) is 9.59 Å². The summed E-state index contributed by atoms with van der Waals surface area (Å²) < 4.78 is 14.8. The highest BCUT2D eigenvalue weighted by Crippen LogP contribution is 2.29. The summed E-state index contributed by atoms with van der Waals surface area (Å²) in [6.07, 6.45) is 0. The summed E-state index contributed by atoms with van der Waals surface area (Å²) in [4.78, 5) is 22.6. The van der Waals surface area contributed by atoms with Crippen LogP contribution in [-0.2, 0) is 9.53 Å². The average Bonchev–Trinajstić information content (AvgIpc) is 2.45. The SMILES string of the molecule is COCC(=O)NNC(=O)Nc1ccc(OC)c(OC)c1. The molecule has 8 heteroatoms. The number of anilines is 1. The van der Waals surface area contributed by atoms with Crippen molar-refractivity contribution in [1.82, 2.24) is 10.9 Å². The quantitative estimate of drug-likeness (QED) is 0.684. The Balaban J connectivity index is 2.55. The Kier molecular flexibility index (Phi) is 6.11. The molecule has 110 valence electrons. The molecule has 0 heterocycles. The van der Waals surface area contributed by atoms with Crippen LogP contribution in [0.15, 0.2) is 18.2 Å². The van der Waals surface area contributed by atoms with Crippen LogP contribution in [0, 0.1) is 0 Å². The maximum absolute atomic E-state index is 11.5. The zero-order valence-corrected chi connectivity index (χ0v) is 11.5. The molecule has 1 aromatic rings. The van der Waals surface area contributed by atoms with Gasteiger partial charge >= 0.3 is 6.03 Å². The average molecular weight is 283 g/mol. The van der Waals surface area contributed by atoms with E-state index in [0.717, 1.165) is 0 Å². The number of methoxy groups -OCH3 is 3. The third-order valence-electron chi connectivity index (χ3n) is 2.23. The lowest BCUT2D eigenvalue weighted by atomic mass is 10.3.